The standard InChI is InChI=1S/C13H24N4O/c1-7-9-10(14-6)15-8-16-11(9)17-12(2,3)13(4,5)18/h8,18H,7H2,1-6H3,(H2,14,15,16,17). The van der Waals surface area contributed by atoms with Crippen LogP contribution in [0.2, 0.25) is 0 Å². The van der Waals surface area contributed by atoms with E-state index in [1.54, 1.807) is 13.8 Å². The van der Waals surface area contributed by atoms with Gasteiger partial charge in [-0.2, -0.15) is 0 Å². The number of aliphatic hydroxyl groups is 1. The molecule has 1 aromatic rings. The average Bonchev–Trinajstić information content (AvgIpc) is 2.26. The molecule has 18 heavy (non-hydrogen) atoms. The maximum absolute atomic E-state index is 10.2. The topological polar surface area (TPSA) is 70.1 Å². The van der Waals surface area contributed by atoms with Gasteiger partial charge in [0.05, 0.1) is 11.1 Å². The van der Waals surface area contributed by atoms with Gasteiger partial charge in [-0.3, -0.25) is 0 Å². The van der Waals surface area contributed by atoms with Crippen LogP contribution in [0.1, 0.15) is 40.2 Å². The average molecular weight is 252 g/mol. The van der Waals surface area contributed by atoms with E-state index in [4.69, 9.17) is 0 Å². The predicted molar refractivity (Wildman–Crippen MR) is 75.0 cm³/mol. The Bertz CT molecular complexity index is 410. The molecular formula is C13H24N4O. The van der Waals surface area contributed by atoms with Gasteiger partial charge in [0.15, 0.2) is 0 Å². The summed E-state index contributed by atoms with van der Waals surface area (Å²) in [7, 11) is 1.84. The van der Waals surface area contributed by atoms with Crippen LogP contribution in [0.5, 0.6) is 0 Å². The lowest BCUT2D eigenvalue weighted by atomic mass is 9.86. The molecule has 0 aromatic carbocycles. The van der Waals surface area contributed by atoms with Gasteiger partial charge in [0, 0.05) is 12.6 Å². The molecule has 1 aromatic heterocycles. The summed E-state index contributed by atoms with van der Waals surface area (Å²) >= 11 is 0. The molecule has 1 rings (SSSR count). The van der Waals surface area contributed by atoms with Gasteiger partial charge in [-0.25, -0.2) is 9.97 Å². The van der Waals surface area contributed by atoms with Crippen LogP contribution in [0.25, 0.3) is 0 Å². The van der Waals surface area contributed by atoms with E-state index in [9.17, 15) is 5.11 Å². The molecule has 0 saturated carbocycles. The van der Waals surface area contributed by atoms with E-state index in [2.05, 4.69) is 27.5 Å². The monoisotopic (exact) mass is 252 g/mol. The summed E-state index contributed by atoms with van der Waals surface area (Å²) < 4.78 is 0. The number of rotatable bonds is 5. The Labute approximate surface area is 109 Å². The van der Waals surface area contributed by atoms with Crippen LogP contribution >= 0.6 is 0 Å². The fourth-order valence-electron chi connectivity index (χ4n) is 1.52. The number of hydrogen-bond acceptors (Lipinski definition) is 5. The Morgan fingerprint density at radius 2 is 1.72 bits per heavy atom. The predicted octanol–water partition coefficient (Wildman–Crippen LogP) is 2.04. The van der Waals surface area contributed by atoms with Crippen LogP contribution in [0.4, 0.5) is 11.6 Å². The molecule has 0 fully saturated rings. The summed E-state index contributed by atoms with van der Waals surface area (Å²) in [5.74, 6) is 1.59. The maximum Gasteiger partial charge on any atom is 0.135 e. The first-order chi connectivity index (χ1) is 8.23. The van der Waals surface area contributed by atoms with Crippen molar-refractivity contribution in [2.75, 3.05) is 17.7 Å². The van der Waals surface area contributed by atoms with Gasteiger partial charge in [-0.05, 0) is 34.1 Å². The molecule has 0 aliphatic heterocycles. The smallest absolute Gasteiger partial charge is 0.135 e. The van der Waals surface area contributed by atoms with Crippen molar-refractivity contribution in [2.24, 2.45) is 0 Å². The number of aromatic nitrogens is 2. The van der Waals surface area contributed by atoms with Crippen molar-refractivity contribution >= 4 is 11.6 Å². The van der Waals surface area contributed by atoms with Crippen molar-refractivity contribution in [3.8, 4) is 0 Å². The highest BCUT2D eigenvalue weighted by atomic mass is 16.3. The van der Waals surface area contributed by atoms with Crippen molar-refractivity contribution in [2.45, 2.75) is 52.2 Å². The fraction of sp³-hybridized carbons (Fsp3) is 0.692. The lowest BCUT2D eigenvalue weighted by molar-refractivity contribution is 0.0238. The summed E-state index contributed by atoms with van der Waals surface area (Å²) in [5, 5.41) is 16.5. The van der Waals surface area contributed by atoms with Crippen molar-refractivity contribution in [3.63, 3.8) is 0 Å². The van der Waals surface area contributed by atoms with Crippen LogP contribution in [0.15, 0.2) is 6.33 Å². The fourth-order valence-corrected chi connectivity index (χ4v) is 1.52. The zero-order chi connectivity index (χ0) is 14.0. The molecule has 0 aliphatic carbocycles. The molecule has 0 unspecified atom stereocenters. The van der Waals surface area contributed by atoms with E-state index >= 15 is 0 Å². The Balaban J connectivity index is 3.12. The summed E-state index contributed by atoms with van der Waals surface area (Å²) in [6.45, 7) is 9.53. The van der Waals surface area contributed by atoms with Gasteiger partial charge >= 0.3 is 0 Å². The summed E-state index contributed by atoms with van der Waals surface area (Å²) in [5.41, 5.74) is -0.323. The Morgan fingerprint density at radius 3 is 2.17 bits per heavy atom. The SMILES string of the molecule is CCc1c(NC)ncnc1NC(C)(C)C(C)(C)O. The number of hydrogen-bond donors (Lipinski definition) is 3. The molecule has 0 bridgehead atoms. The molecule has 0 saturated heterocycles. The first-order valence-corrected chi connectivity index (χ1v) is 6.25. The molecule has 0 radical (unpaired) electrons. The number of anilines is 2. The number of nitrogens with one attached hydrogen (secondary N) is 2. The molecule has 0 amide bonds. The van der Waals surface area contributed by atoms with Gasteiger partial charge in [0.25, 0.3) is 0 Å². The van der Waals surface area contributed by atoms with Crippen molar-refractivity contribution < 1.29 is 5.11 Å². The van der Waals surface area contributed by atoms with Crippen molar-refractivity contribution in [1.29, 1.82) is 0 Å². The quantitative estimate of drug-likeness (QED) is 0.748. The number of nitrogens with zero attached hydrogens (tertiary/aromatic N) is 2. The Morgan fingerprint density at radius 1 is 1.17 bits per heavy atom. The third-order valence-corrected chi connectivity index (χ3v) is 3.50. The summed E-state index contributed by atoms with van der Waals surface area (Å²) in [6, 6.07) is 0. The van der Waals surface area contributed by atoms with Crippen molar-refractivity contribution in [3.05, 3.63) is 11.9 Å². The van der Waals surface area contributed by atoms with Gasteiger partial charge in [-0.1, -0.05) is 6.92 Å². The maximum atomic E-state index is 10.2. The second-order valence-corrected chi connectivity index (χ2v) is 5.46. The van der Waals surface area contributed by atoms with E-state index in [1.165, 1.54) is 6.33 Å². The minimum absolute atomic E-state index is 0.490. The molecule has 1 heterocycles. The van der Waals surface area contributed by atoms with E-state index in [-0.39, 0.29) is 0 Å². The van der Waals surface area contributed by atoms with Crippen LogP contribution in [0.3, 0.4) is 0 Å². The summed E-state index contributed by atoms with van der Waals surface area (Å²) in [4.78, 5) is 8.48. The molecule has 5 nitrogen and oxygen atoms in total. The molecule has 0 spiro atoms. The largest absolute Gasteiger partial charge is 0.388 e. The van der Waals surface area contributed by atoms with Gasteiger partial charge < -0.3 is 15.7 Å². The van der Waals surface area contributed by atoms with Gasteiger partial charge in [0.1, 0.15) is 18.0 Å². The lowest BCUT2D eigenvalue weighted by Gasteiger charge is -2.38. The molecule has 5 heteroatoms. The van der Waals surface area contributed by atoms with Crippen LogP contribution in [-0.4, -0.2) is 33.3 Å². The second kappa shape index (κ2) is 5.10. The van der Waals surface area contributed by atoms with Crippen molar-refractivity contribution in [1.82, 2.24) is 9.97 Å². The van der Waals surface area contributed by atoms with Crippen LogP contribution < -0.4 is 10.6 Å². The highest BCUT2D eigenvalue weighted by Crippen LogP contribution is 2.28. The molecular weight excluding hydrogens is 228 g/mol. The normalized spacial score (nSPS) is 12.4. The first-order valence-electron chi connectivity index (χ1n) is 6.25. The lowest BCUT2D eigenvalue weighted by Crippen LogP contribution is -2.51. The van der Waals surface area contributed by atoms with Crippen LogP contribution in [0, 0.1) is 0 Å². The first kappa shape index (κ1) is 14.7. The van der Waals surface area contributed by atoms with Crippen LogP contribution in [-0.2, 0) is 6.42 Å². The highest BCUT2D eigenvalue weighted by molar-refractivity contribution is 5.58. The highest BCUT2D eigenvalue weighted by Gasteiger charge is 2.35. The Hall–Kier alpha value is -1.36. The van der Waals surface area contributed by atoms with E-state index < -0.39 is 11.1 Å². The van der Waals surface area contributed by atoms with E-state index in [1.807, 2.05) is 20.9 Å². The summed E-state index contributed by atoms with van der Waals surface area (Å²) in [6.07, 6.45) is 2.34. The molecule has 3 N–H and O–H groups in total. The minimum Gasteiger partial charge on any atom is -0.388 e. The van der Waals surface area contributed by atoms with E-state index in [0.29, 0.717) is 0 Å². The zero-order valence-corrected chi connectivity index (χ0v) is 12.1. The zero-order valence-electron chi connectivity index (χ0n) is 12.1. The molecule has 102 valence electrons. The third-order valence-electron chi connectivity index (χ3n) is 3.50. The molecule has 0 atom stereocenters. The second-order valence-electron chi connectivity index (χ2n) is 5.46. The third kappa shape index (κ3) is 2.90. The van der Waals surface area contributed by atoms with Gasteiger partial charge in [-0.15, -0.1) is 0 Å². The minimum atomic E-state index is -0.858. The van der Waals surface area contributed by atoms with E-state index in [0.717, 1.165) is 23.6 Å². The molecule has 0 aliphatic rings. The Kier molecular flexibility index (Phi) is 4.16. The van der Waals surface area contributed by atoms with Gasteiger partial charge in [0.2, 0.25) is 0 Å².